The number of H-pyrrole nitrogens is 1. The third-order valence-corrected chi connectivity index (χ3v) is 2.66. The fourth-order valence-corrected chi connectivity index (χ4v) is 1.71. The van der Waals surface area contributed by atoms with Crippen molar-refractivity contribution in [3.05, 3.63) is 40.2 Å². The summed E-state index contributed by atoms with van der Waals surface area (Å²) >= 11 is 0. The van der Waals surface area contributed by atoms with Crippen LogP contribution in [-0.4, -0.2) is 17.0 Å². The molecule has 0 saturated heterocycles. The second-order valence-electron chi connectivity index (χ2n) is 3.83. The van der Waals surface area contributed by atoms with Crippen molar-refractivity contribution in [2.24, 2.45) is 0 Å². The third kappa shape index (κ3) is 1.65. The SMILES string of the molecule is Cc1cc(-c2ccc3c(c2)OCO3)n[nH]c1=O. The van der Waals surface area contributed by atoms with Crippen LogP contribution in [0.2, 0.25) is 0 Å². The van der Waals surface area contributed by atoms with Crippen LogP contribution in [0.15, 0.2) is 29.1 Å². The lowest BCUT2D eigenvalue weighted by Crippen LogP contribution is -2.11. The molecule has 1 N–H and O–H groups in total. The highest BCUT2D eigenvalue weighted by molar-refractivity contribution is 5.64. The van der Waals surface area contributed by atoms with Crippen LogP contribution in [-0.2, 0) is 0 Å². The van der Waals surface area contributed by atoms with Gasteiger partial charge >= 0.3 is 0 Å². The summed E-state index contributed by atoms with van der Waals surface area (Å²) < 4.78 is 10.5. The van der Waals surface area contributed by atoms with E-state index in [1.807, 2.05) is 18.2 Å². The number of ether oxygens (including phenoxy) is 2. The Morgan fingerprint density at radius 1 is 1.24 bits per heavy atom. The fraction of sp³-hybridized carbons (Fsp3) is 0.167. The van der Waals surface area contributed by atoms with Crippen molar-refractivity contribution in [2.75, 3.05) is 6.79 Å². The van der Waals surface area contributed by atoms with Crippen molar-refractivity contribution in [1.29, 1.82) is 0 Å². The van der Waals surface area contributed by atoms with Crippen molar-refractivity contribution in [3.63, 3.8) is 0 Å². The van der Waals surface area contributed by atoms with Crippen LogP contribution >= 0.6 is 0 Å². The second kappa shape index (κ2) is 3.62. The van der Waals surface area contributed by atoms with Gasteiger partial charge in [0, 0.05) is 11.1 Å². The van der Waals surface area contributed by atoms with E-state index < -0.39 is 0 Å². The van der Waals surface area contributed by atoms with Gasteiger partial charge in [-0.3, -0.25) is 4.79 Å². The number of aromatic nitrogens is 2. The molecule has 0 radical (unpaired) electrons. The maximum absolute atomic E-state index is 11.2. The summed E-state index contributed by atoms with van der Waals surface area (Å²) in [5.41, 5.74) is 2.05. The molecule has 3 rings (SSSR count). The van der Waals surface area contributed by atoms with Crippen molar-refractivity contribution in [1.82, 2.24) is 10.2 Å². The molecule has 0 bridgehead atoms. The largest absolute Gasteiger partial charge is 0.454 e. The molecule has 86 valence electrons. The monoisotopic (exact) mass is 230 g/mol. The minimum atomic E-state index is -0.172. The minimum Gasteiger partial charge on any atom is -0.454 e. The normalized spacial score (nSPS) is 12.8. The predicted molar refractivity (Wildman–Crippen MR) is 61.2 cm³/mol. The molecule has 0 fully saturated rings. The maximum atomic E-state index is 11.2. The molecule has 1 aromatic carbocycles. The first kappa shape index (κ1) is 9.89. The van der Waals surface area contributed by atoms with Gasteiger partial charge in [-0.1, -0.05) is 0 Å². The van der Waals surface area contributed by atoms with Crippen molar-refractivity contribution < 1.29 is 9.47 Å². The minimum absolute atomic E-state index is 0.172. The van der Waals surface area contributed by atoms with Gasteiger partial charge in [0.1, 0.15) is 0 Å². The summed E-state index contributed by atoms with van der Waals surface area (Å²) in [5.74, 6) is 1.43. The van der Waals surface area contributed by atoms with Crippen LogP contribution in [0.5, 0.6) is 11.5 Å². The molecule has 1 aliphatic heterocycles. The average molecular weight is 230 g/mol. The van der Waals surface area contributed by atoms with E-state index in [2.05, 4.69) is 10.2 Å². The zero-order chi connectivity index (χ0) is 11.8. The molecule has 1 aromatic heterocycles. The van der Waals surface area contributed by atoms with E-state index in [0.717, 1.165) is 11.3 Å². The molecule has 0 aliphatic carbocycles. The summed E-state index contributed by atoms with van der Waals surface area (Å²) in [5, 5.41) is 6.46. The summed E-state index contributed by atoms with van der Waals surface area (Å²) in [7, 11) is 0. The molecule has 0 atom stereocenters. The van der Waals surface area contributed by atoms with Crippen LogP contribution in [0.3, 0.4) is 0 Å². The molecule has 2 aromatic rings. The highest BCUT2D eigenvalue weighted by atomic mass is 16.7. The standard InChI is InChI=1S/C12H10N2O3/c1-7-4-9(13-14-12(7)15)8-2-3-10-11(5-8)17-6-16-10/h2-5H,6H2,1H3,(H,14,15). The van der Waals surface area contributed by atoms with E-state index >= 15 is 0 Å². The van der Waals surface area contributed by atoms with Gasteiger partial charge < -0.3 is 9.47 Å². The van der Waals surface area contributed by atoms with Gasteiger partial charge in [-0.05, 0) is 31.2 Å². The number of aromatic amines is 1. The molecular formula is C12H10N2O3. The Kier molecular flexibility index (Phi) is 2.11. The molecule has 1 aliphatic rings. The first-order valence-electron chi connectivity index (χ1n) is 5.20. The molecule has 0 unspecified atom stereocenters. The van der Waals surface area contributed by atoms with Crippen molar-refractivity contribution >= 4 is 0 Å². The van der Waals surface area contributed by atoms with E-state index in [1.54, 1.807) is 13.0 Å². The first-order valence-corrected chi connectivity index (χ1v) is 5.20. The second-order valence-corrected chi connectivity index (χ2v) is 3.83. The Bertz CT molecular complexity index is 634. The Morgan fingerprint density at radius 3 is 2.88 bits per heavy atom. The fourth-order valence-electron chi connectivity index (χ4n) is 1.71. The average Bonchev–Trinajstić information content (AvgIpc) is 2.79. The molecule has 0 amide bonds. The number of fused-ring (bicyclic) bond motifs is 1. The Balaban J connectivity index is 2.09. The molecular weight excluding hydrogens is 220 g/mol. The van der Waals surface area contributed by atoms with Crippen molar-refractivity contribution in [3.8, 4) is 22.8 Å². The van der Waals surface area contributed by atoms with Gasteiger partial charge in [0.25, 0.3) is 5.56 Å². The van der Waals surface area contributed by atoms with Gasteiger partial charge in [-0.25, -0.2) is 5.10 Å². The molecule has 5 nitrogen and oxygen atoms in total. The smallest absolute Gasteiger partial charge is 0.267 e. The summed E-state index contributed by atoms with van der Waals surface area (Å²) in [6.07, 6.45) is 0. The van der Waals surface area contributed by atoms with Gasteiger partial charge in [-0.2, -0.15) is 5.10 Å². The zero-order valence-corrected chi connectivity index (χ0v) is 9.19. The van der Waals surface area contributed by atoms with Crippen molar-refractivity contribution in [2.45, 2.75) is 6.92 Å². The number of rotatable bonds is 1. The Morgan fingerprint density at radius 2 is 2.06 bits per heavy atom. The van der Waals surface area contributed by atoms with Gasteiger partial charge in [-0.15, -0.1) is 0 Å². The third-order valence-electron chi connectivity index (χ3n) is 2.66. The van der Waals surface area contributed by atoms with E-state index in [9.17, 15) is 4.79 Å². The van der Waals surface area contributed by atoms with Gasteiger partial charge in [0.15, 0.2) is 11.5 Å². The summed E-state index contributed by atoms with van der Waals surface area (Å²) in [4.78, 5) is 11.2. The topological polar surface area (TPSA) is 64.2 Å². The number of nitrogens with one attached hydrogen (secondary N) is 1. The number of aryl methyl sites for hydroxylation is 1. The lowest BCUT2D eigenvalue weighted by Gasteiger charge is -2.02. The number of nitrogens with zero attached hydrogens (tertiary/aromatic N) is 1. The van der Waals surface area contributed by atoms with Crippen LogP contribution in [0.1, 0.15) is 5.56 Å². The van der Waals surface area contributed by atoms with E-state index in [0.29, 0.717) is 17.0 Å². The number of benzene rings is 1. The van der Waals surface area contributed by atoms with Crippen LogP contribution in [0.4, 0.5) is 0 Å². The van der Waals surface area contributed by atoms with Gasteiger partial charge in [0.05, 0.1) is 5.69 Å². The maximum Gasteiger partial charge on any atom is 0.267 e. The lowest BCUT2D eigenvalue weighted by molar-refractivity contribution is 0.174. The Hall–Kier alpha value is -2.30. The molecule has 0 saturated carbocycles. The van der Waals surface area contributed by atoms with Crippen LogP contribution in [0, 0.1) is 6.92 Å². The molecule has 5 heteroatoms. The summed E-state index contributed by atoms with van der Waals surface area (Å²) in [6.45, 7) is 1.99. The lowest BCUT2D eigenvalue weighted by atomic mass is 10.1. The first-order chi connectivity index (χ1) is 8.24. The van der Waals surface area contributed by atoms with E-state index in [4.69, 9.17) is 9.47 Å². The van der Waals surface area contributed by atoms with Crippen LogP contribution in [0.25, 0.3) is 11.3 Å². The highest BCUT2D eigenvalue weighted by Crippen LogP contribution is 2.35. The number of hydrogen-bond donors (Lipinski definition) is 1. The summed E-state index contributed by atoms with van der Waals surface area (Å²) in [6, 6.07) is 7.31. The number of hydrogen-bond acceptors (Lipinski definition) is 4. The zero-order valence-electron chi connectivity index (χ0n) is 9.19. The van der Waals surface area contributed by atoms with Gasteiger partial charge in [0.2, 0.25) is 6.79 Å². The molecule has 17 heavy (non-hydrogen) atoms. The van der Waals surface area contributed by atoms with Crippen LogP contribution < -0.4 is 15.0 Å². The highest BCUT2D eigenvalue weighted by Gasteiger charge is 2.14. The predicted octanol–water partition coefficient (Wildman–Crippen LogP) is 1.47. The van der Waals surface area contributed by atoms with E-state index in [-0.39, 0.29) is 12.4 Å². The molecule has 0 spiro atoms. The molecule has 2 heterocycles. The quantitative estimate of drug-likeness (QED) is 0.805. The Labute approximate surface area is 97.0 Å². The van der Waals surface area contributed by atoms with E-state index in [1.165, 1.54) is 0 Å².